The molecule has 0 unspecified atom stereocenters. The van der Waals surface area contributed by atoms with E-state index in [1.54, 1.807) is 18.2 Å². The van der Waals surface area contributed by atoms with Crippen LogP contribution < -0.4 is 0 Å². The zero-order valence-electron chi connectivity index (χ0n) is 9.51. The second kappa shape index (κ2) is 4.37. The van der Waals surface area contributed by atoms with Gasteiger partial charge in [-0.05, 0) is 18.1 Å². The van der Waals surface area contributed by atoms with Gasteiger partial charge in [0.1, 0.15) is 5.75 Å². The highest BCUT2D eigenvalue weighted by molar-refractivity contribution is 5.78. The van der Waals surface area contributed by atoms with Crippen LogP contribution in [0.1, 0.15) is 12.5 Å². The van der Waals surface area contributed by atoms with Crippen molar-refractivity contribution in [1.29, 1.82) is 0 Å². The van der Waals surface area contributed by atoms with Crippen LogP contribution in [0.4, 0.5) is 0 Å². The van der Waals surface area contributed by atoms with E-state index < -0.39 is 0 Å². The number of para-hydroxylation sites is 2. The van der Waals surface area contributed by atoms with Crippen molar-refractivity contribution in [3.05, 3.63) is 42.0 Å². The van der Waals surface area contributed by atoms with Crippen LogP contribution in [-0.2, 0) is 6.42 Å². The van der Waals surface area contributed by atoms with E-state index in [-0.39, 0.29) is 17.2 Å². The van der Waals surface area contributed by atoms with Gasteiger partial charge in [0.05, 0.1) is 0 Å². The highest BCUT2D eigenvalue weighted by Crippen LogP contribution is 2.41. The molecule has 2 aromatic rings. The highest BCUT2D eigenvalue weighted by atomic mass is 16.3. The SMILES string of the molecule is CCc1cccc(-c2cccc(O)c2O)c1O. The number of benzene rings is 2. The van der Waals surface area contributed by atoms with Crippen molar-refractivity contribution in [3.63, 3.8) is 0 Å². The molecule has 0 saturated carbocycles. The molecular formula is C14H14O3. The van der Waals surface area contributed by atoms with Crippen molar-refractivity contribution < 1.29 is 15.3 Å². The van der Waals surface area contributed by atoms with Gasteiger partial charge >= 0.3 is 0 Å². The molecule has 3 nitrogen and oxygen atoms in total. The summed E-state index contributed by atoms with van der Waals surface area (Å²) >= 11 is 0. The van der Waals surface area contributed by atoms with Crippen LogP contribution in [0.15, 0.2) is 36.4 Å². The van der Waals surface area contributed by atoms with Gasteiger partial charge in [-0.15, -0.1) is 0 Å². The molecule has 2 rings (SSSR count). The summed E-state index contributed by atoms with van der Waals surface area (Å²) in [6.45, 7) is 1.95. The zero-order valence-corrected chi connectivity index (χ0v) is 9.51. The Bertz CT molecular complexity index is 547. The number of aryl methyl sites for hydroxylation is 1. The van der Waals surface area contributed by atoms with Crippen LogP contribution in [-0.4, -0.2) is 15.3 Å². The molecule has 0 aliphatic heterocycles. The van der Waals surface area contributed by atoms with Gasteiger partial charge in [-0.2, -0.15) is 0 Å². The smallest absolute Gasteiger partial charge is 0.165 e. The molecule has 0 radical (unpaired) electrons. The fourth-order valence-corrected chi connectivity index (χ4v) is 1.84. The third kappa shape index (κ3) is 1.91. The van der Waals surface area contributed by atoms with E-state index in [2.05, 4.69) is 0 Å². The van der Waals surface area contributed by atoms with Crippen LogP contribution in [0.3, 0.4) is 0 Å². The number of aromatic hydroxyl groups is 3. The first kappa shape index (κ1) is 11.3. The third-order valence-corrected chi connectivity index (χ3v) is 2.81. The Labute approximate surface area is 99.6 Å². The van der Waals surface area contributed by atoms with Gasteiger partial charge in [0, 0.05) is 11.1 Å². The van der Waals surface area contributed by atoms with Gasteiger partial charge in [-0.25, -0.2) is 0 Å². The summed E-state index contributed by atoms with van der Waals surface area (Å²) in [4.78, 5) is 0. The molecule has 0 aromatic heterocycles. The molecule has 0 spiro atoms. The lowest BCUT2D eigenvalue weighted by Crippen LogP contribution is -1.86. The first-order valence-electron chi connectivity index (χ1n) is 5.47. The van der Waals surface area contributed by atoms with E-state index in [9.17, 15) is 15.3 Å². The molecular weight excluding hydrogens is 216 g/mol. The summed E-state index contributed by atoms with van der Waals surface area (Å²) in [5.41, 5.74) is 1.76. The molecule has 0 aliphatic rings. The lowest BCUT2D eigenvalue weighted by molar-refractivity contribution is 0.404. The van der Waals surface area contributed by atoms with E-state index in [4.69, 9.17) is 0 Å². The average molecular weight is 230 g/mol. The Balaban J connectivity index is 2.65. The number of hydrogen-bond donors (Lipinski definition) is 3. The lowest BCUT2D eigenvalue weighted by atomic mass is 9.99. The minimum Gasteiger partial charge on any atom is -0.507 e. The molecule has 0 fully saturated rings. The van der Waals surface area contributed by atoms with E-state index in [1.165, 1.54) is 6.07 Å². The van der Waals surface area contributed by atoms with Gasteiger partial charge in [0.15, 0.2) is 11.5 Å². The average Bonchev–Trinajstić information content (AvgIpc) is 2.33. The van der Waals surface area contributed by atoms with Crippen LogP contribution in [0.5, 0.6) is 17.2 Å². The molecule has 0 aliphatic carbocycles. The first-order chi connectivity index (χ1) is 8.15. The van der Waals surface area contributed by atoms with Crippen molar-refractivity contribution in [2.24, 2.45) is 0 Å². The molecule has 0 saturated heterocycles. The van der Waals surface area contributed by atoms with Crippen molar-refractivity contribution in [2.75, 3.05) is 0 Å². The van der Waals surface area contributed by atoms with Crippen molar-refractivity contribution >= 4 is 0 Å². The maximum Gasteiger partial charge on any atom is 0.165 e. The standard InChI is InChI=1S/C14H14O3/c1-2-9-5-3-6-10(13(9)16)11-7-4-8-12(15)14(11)17/h3-8,15-17H,2H2,1H3. The summed E-state index contributed by atoms with van der Waals surface area (Å²) in [5.74, 6) is -0.254. The van der Waals surface area contributed by atoms with E-state index in [0.29, 0.717) is 17.5 Å². The van der Waals surface area contributed by atoms with Gasteiger partial charge in [0.2, 0.25) is 0 Å². The lowest BCUT2D eigenvalue weighted by Gasteiger charge is -2.10. The predicted octanol–water partition coefficient (Wildman–Crippen LogP) is 3.03. The van der Waals surface area contributed by atoms with Crippen molar-refractivity contribution in [3.8, 4) is 28.4 Å². The minimum atomic E-state index is -0.212. The zero-order chi connectivity index (χ0) is 12.4. The number of rotatable bonds is 2. The van der Waals surface area contributed by atoms with Crippen LogP contribution in [0, 0.1) is 0 Å². The molecule has 0 heterocycles. The Morgan fingerprint density at radius 3 is 2.06 bits per heavy atom. The fraction of sp³-hybridized carbons (Fsp3) is 0.143. The van der Waals surface area contributed by atoms with Gasteiger partial charge in [0.25, 0.3) is 0 Å². The quantitative estimate of drug-likeness (QED) is 0.695. The Morgan fingerprint density at radius 1 is 0.824 bits per heavy atom. The van der Waals surface area contributed by atoms with Crippen LogP contribution in [0.25, 0.3) is 11.1 Å². The normalized spacial score (nSPS) is 10.4. The molecule has 88 valence electrons. The van der Waals surface area contributed by atoms with Gasteiger partial charge in [-0.3, -0.25) is 0 Å². The summed E-state index contributed by atoms with van der Waals surface area (Å²) in [6, 6.07) is 10.0. The minimum absolute atomic E-state index is 0.149. The van der Waals surface area contributed by atoms with Crippen LogP contribution >= 0.6 is 0 Å². The fourth-order valence-electron chi connectivity index (χ4n) is 1.84. The topological polar surface area (TPSA) is 60.7 Å². The molecule has 2 aromatic carbocycles. The summed E-state index contributed by atoms with van der Waals surface area (Å²) in [5, 5.41) is 29.3. The van der Waals surface area contributed by atoms with E-state index in [0.717, 1.165) is 5.56 Å². The number of phenolic OH excluding ortho intramolecular Hbond substituents is 3. The summed E-state index contributed by atoms with van der Waals surface area (Å²) in [7, 11) is 0. The number of hydrogen-bond acceptors (Lipinski definition) is 3. The van der Waals surface area contributed by atoms with Gasteiger partial charge in [-0.1, -0.05) is 37.3 Å². The van der Waals surface area contributed by atoms with Crippen molar-refractivity contribution in [1.82, 2.24) is 0 Å². The largest absolute Gasteiger partial charge is 0.507 e. The van der Waals surface area contributed by atoms with E-state index >= 15 is 0 Å². The van der Waals surface area contributed by atoms with E-state index in [1.807, 2.05) is 19.1 Å². The molecule has 17 heavy (non-hydrogen) atoms. The summed E-state index contributed by atoms with van der Waals surface area (Å²) < 4.78 is 0. The van der Waals surface area contributed by atoms with Crippen LogP contribution in [0.2, 0.25) is 0 Å². The third-order valence-electron chi connectivity index (χ3n) is 2.81. The van der Waals surface area contributed by atoms with Crippen molar-refractivity contribution in [2.45, 2.75) is 13.3 Å². The number of phenols is 3. The Kier molecular flexibility index (Phi) is 2.91. The molecule has 0 amide bonds. The molecule has 0 bridgehead atoms. The highest BCUT2D eigenvalue weighted by Gasteiger charge is 2.13. The van der Waals surface area contributed by atoms with Gasteiger partial charge < -0.3 is 15.3 Å². The second-order valence-electron chi connectivity index (χ2n) is 3.84. The summed E-state index contributed by atoms with van der Waals surface area (Å²) in [6.07, 6.45) is 0.708. The Morgan fingerprint density at radius 2 is 1.41 bits per heavy atom. The molecule has 3 N–H and O–H groups in total. The molecule has 0 atom stereocenters. The second-order valence-corrected chi connectivity index (χ2v) is 3.84. The maximum atomic E-state index is 10.1. The Hall–Kier alpha value is -2.16. The molecule has 3 heteroatoms. The monoisotopic (exact) mass is 230 g/mol. The predicted molar refractivity (Wildman–Crippen MR) is 66.3 cm³/mol. The maximum absolute atomic E-state index is 10.1. The first-order valence-corrected chi connectivity index (χ1v) is 5.47.